The number of amides is 1. The van der Waals surface area contributed by atoms with Gasteiger partial charge in [-0.3, -0.25) is 9.10 Å². The summed E-state index contributed by atoms with van der Waals surface area (Å²) in [6.45, 7) is 1.80. The van der Waals surface area contributed by atoms with Gasteiger partial charge in [0.05, 0.1) is 24.8 Å². The lowest BCUT2D eigenvalue weighted by Crippen LogP contribution is -2.41. The molecule has 0 aliphatic heterocycles. The Hall–Kier alpha value is -3.59. The summed E-state index contributed by atoms with van der Waals surface area (Å²) in [5.74, 6) is 0.0321. The maximum atomic E-state index is 13.5. The van der Waals surface area contributed by atoms with Crippen molar-refractivity contribution in [3.05, 3.63) is 83.7 Å². The summed E-state index contributed by atoms with van der Waals surface area (Å²) in [6.07, 6.45) is 1.28. The molecule has 1 N–H and O–H groups in total. The van der Waals surface area contributed by atoms with E-state index in [0.717, 1.165) is 15.4 Å². The van der Waals surface area contributed by atoms with Crippen LogP contribution >= 0.6 is 0 Å². The number of nitrogens with zero attached hydrogens (tertiary/aromatic N) is 1. The highest BCUT2D eigenvalue weighted by Gasteiger charge is 2.28. The van der Waals surface area contributed by atoms with E-state index in [-0.39, 0.29) is 16.4 Å². The molecular weight excluding hydrogens is 471 g/mol. The Labute approximate surface area is 205 Å². The van der Waals surface area contributed by atoms with E-state index in [2.05, 4.69) is 5.32 Å². The van der Waals surface area contributed by atoms with Gasteiger partial charge >= 0.3 is 0 Å². The molecule has 0 atom stereocenters. The molecule has 0 radical (unpaired) electrons. The number of anilines is 1. The van der Waals surface area contributed by atoms with Crippen LogP contribution in [0.2, 0.25) is 0 Å². The number of benzene rings is 3. The molecule has 7 nitrogen and oxygen atoms in total. The first-order chi connectivity index (χ1) is 16.7. The summed E-state index contributed by atoms with van der Waals surface area (Å²) in [6, 6.07) is 17.3. The van der Waals surface area contributed by atoms with Crippen molar-refractivity contribution >= 4 is 21.6 Å². The van der Waals surface area contributed by atoms with Crippen molar-refractivity contribution in [2.24, 2.45) is 0 Å². The first-order valence-electron chi connectivity index (χ1n) is 11.1. The van der Waals surface area contributed by atoms with Crippen molar-refractivity contribution in [3.8, 4) is 11.5 Å². The van der Waals surface area contributed by atoms with Crippen molar-refractivity contribution in [2.75, 3.05) is 31.6 Å². The smallest absolute Gasteiger partial charge is 0.264 e. The molecule has 0 spiro atoms. The van der Waals surface area contributed by atoms with Gasteiger partial charge in [0.2, 0.25) is 5.91 Å². The second-order valence-corrected chi connectivity index (χ2v) is 9.81. The van der Waals surface area contributed by atoms with Crippen LogP contribution in [-0.4, -0.2) is 41.6 Å². The van der Waals surface area contributed by atoms with Gasteiger partial charge in [-0.25, -0.2) is 12.8 Å². The predicted molar refractivity (Wildman–Crippen MR) is 133 cm³/mol. The van der Waals surface area contributed by atoms with Gasteiger partial charge in [0, 0.05) is 12.6 Å². The minimum atomic E-state index is -4.05. The molecule has 0 aromatic heterocycles. The Bertz CT molecular complexity index is 1250. The van der Waals surface area contributed by atoms with Crippen LogP contribution in [0.4, 0.5) is 10.1 Å². The number of hydrogen-bond acceptors (Lipinski definition) is 5. The molecule has 35 heavy (non-hydrogen) atoms. The van der Waals surface area contributed by atoms with Crippen LogP contribution in [0.15, 0.2) is 71.6 Å². The van der Waals surface area contributed by atoms with E-state index in [1.165, 1.54) is 44.6 Å². The minimum Gasteiger partial charge on any atom is -0.493 e. The summed E-state index contributed by atoms with van der Waals surface area (Å²) in [5, 5.41) is 2.77. The lowest BCUT2D eigenvalue weighted by Gasteiger charge is -2.25. The zero-order valence-electron chi connectivity index (χ0n) is 20.0. The number of halogens is 1. The van der Waals surface area contributed by atoms with Gasteiger partial charge in [-0.1, -0.05) is 29.8 Å². The molecule has 0 bridgehead atoms. The summed E-state index contributed by atoms with van der Waals surface area (Å²) >= 11 is 0. The Morgan fingerprint density at radius 1 is 0.943 bits per heavy atom. The molecule has 0 saturated heterocycles. The summed E-state index contributed by atoms with van der Waals surface area (Å²) in [7, 11) is -1.11. The van der Waals surface area contributed by atoms with E-state index < -0.39 is 22.5 Å². The fraction of sp³-hybridized carbons (Fsp3) is 0.269. The average molecular weight is 501 g/mol. The molecule has 9 heteroatoms. The van der Waals surface area contributed by atoms with Crippen LogP contribution in [0.3, 0.4) is 0 Å². The Balaban J connectivity index is 1.78. The minimum absolute atomic E-state index is 0.0713. The largest absolute Gasteiger partial charge is 0.493 e. The van der Waals surface area contributed by atoms with Crippen LogP contribution in [0, 0.1) is 12.7 Å². The Kier molecular flexibility index (Phi) is 8.70. The number of carbonyl (C=O) groups is 1. The molecule has 0 aliphatic carbocycles. The second kappa shape index (κ2) is 11.7. The van der Waals surface area contributed by atoms with Crippen LogP contribution in [0.25, 0.3) is 0 Å². The van der Waals surface area contributed by atoms with Crippen molar-refractivity contribution < 1.29 is 27.1 Å². The monoisotopic (exact) mass is 500 g/mol. The summed E-state index contributed by atoms with van der Waals surface area (Å²) in [4.78, 5) is 12.8. The number of carbonyl (C=O) groups excluding carboxylic acids is 1. The van der Waals surface area contributed by atoms with Gasteiger partial charge in [-0.05, 0) is 61.7 Å². The van der Waals surface area contributed by atoms with E-state index in [0.29, 0.717) is 30.9 Å². The van der Waals surface area contributed by atoms with Crippen LogP contribution < -0.4 is 19.1 Å². The molecule has 0 aliphatic rings. The van der Waals surface area contributed by atoms with E-state index in [4.69, 9.17) is 9.47 Å². The maximum Gasteiger partial charge on any atom is 0.264 e. The zero-order valence-corrected chi connectivity index (χ0v) is 20.8. The molecule has 3 rings (SSSR count). The number of sulfonamides is 1. The third-order valence-corrected chi connectivity index (χ3v) is 7.22. The predicted octanol–water partition coefficient (Wildman–Crippen LogP) is 4.10. The van der Waals surface area contributed by atoms with Gasteiger partial charge in [0.1, 0.15) is 12.4 Å². The molecule has 0 heterocycles. The second-order valence-electron chi connectivity index (χ2n) is 7.94. The van der Waals surface area contributed by atoms with Gasteiger partial charge in [0.25, 0.3) is 10.0 Å². The topological polar surface area (TPSA) is 84.9 Å². The van der Waals surface area contributed by atoms with Crippen molar-refractivity contribution in [2.45, 2.75) is 24.7 Å². The first kappa shape index (κ1) is 26.0. The number of rotatable bonds is 11. The fourth-order valence-electron chi connectivity index (χ4n) is 3.49. The van der Waals surface area contributed by atoms with E-state index in [1.807, 2.05) is 6.92 Å². The SMILES string of the molecule is COc1ccc(N(CC(=O)NCCCc2ccc(F)cc2)S(=O)(=O)c2ccc(C)cc2)cc1OC. The molecule has 3 aromatic carbocycles. The normalized spacial score (nSPS) is 11.1. The van der Waals surface area contributed by atoms with Gasteiger partial charge < -0.3 is 14.8 Å². The van der Waals surface area contributed by atoms with Crippen LogP contribution in [-0.2, 0) is 21.2 Å². The number of aryl methyl sites for hydroxylation is 2. The highest BCUT2D eigenvalue weighted by atomic mass is 32.2. The molecule has 0 fully saturated rings. The highest BCUT2D eigenvalue weighted by Crippen LogP contribution is 2.33. The molecule has 3 aromatic rings. The summed E-state index contributed by atoms with van der Waals surface area (Å²) < 4.78 is 51.7. The number of ether oxygens (including phenoxy) is 2. The van der Waals surface area contributed by atoms with Crippen molar-refractivity contribution in [1.82, 2.24) is 5.32 Å². The zero-order chi connectivity index (χ0) is 25.4. The Morgan fingerprint density at radius 2 is 1.60 bits per heavy atom. The lowest BCUT2D eigenvalue weighted by atomic mass is 10.1. The molecular formula is C26H29FN2O5S. The highest BCUT2D eigenvalue weighted by molar-refractivity contribution is 7.92. The first-order valence-corrected chi connectivity index (χ1v) is 12.5. The van der Waals surface area contributed by atoms with Gasteiger partial charge in [-0.2, -0.15) is 0 Å². The molecule has 186 valence electrons. The lowest BCUT2D eigenvalue weighted by molar-refractivity contribution is -0.119. The Morgan fingerprint density at radius 3 is 2.23 bits per heavy atom. The third kappa shape index (κ3) is 6.73. The van der Waals surface area contributed by atoms with Gasteiger partial charge in [0.15, 0.2) is 11.5 Å². The van der Waals surface area contributed by atoms with Gasteiger partial charge in [-0.15, -0.1) is 0 Å². The number of hydrogen-bond donors (Lipinski definition) is 1. The molecule has 1 amide bonds. The average Bonchev–Trinajstić information content (AvgIpc) is 2.86. The van der Waals surface area contributed by atoms with E-state index in [9.17, 15) is 17.6 Å². The fourth-order valence-corrected chi connectivity index (χ4v) is 4.90. The van der Waals surface area contributed by atoms with Crippen LogP contribution in [0.1, 0.15) is 17.5 Å². The maximum absolute atomic E-state index is 13.5. The van der Waals surface area contributed by atoms with Crippen molar-refractivity contribution in [1.29, 1.82) is 0 Å². The third-order valence-electron chi connectivity index (χ3n) is 5.43. The number of nitrogens with one attached hydrogen (secondary N) is 1. The van der Waals surface area contributed by atoms with Crippen molar-refractivity contribution in [3.63, 3.8) is 0 Å². The standard InChI is InChI=1S/C26H29FN2O5S/c1-19-6-13-23(14-7-19)35(31,32)29(22-12-15-24(33-2)25(17-22)34-3)18-26(30)28-16-4-5-20-8-10-21(27)11-9-20/h6-15,17H,4-5,16,18H2,1-3H3,(H,28,30). The molecule has 0 saturated carbocycles. The quantitative estimate of drug-likeness (QED) is 0.401. The van der Waals surface area contributed by atoms with E-state index in [1.54, 1.807) is 36.4 Å². The molecule has 0 unspecified atom stereocenters. The van der Waals surface area contributed by atoms with Crippen LogP contribution in [0.5, 0.6) is 11.5 Å². The number of methoxy groups -OCH3 is 2. The van der Waals surface area contributed by atoms with E-state index >= 15 is 0 Å². The summed E-state index contributed by atoms with van der Waals surface area (Å²) in [5.41, 5.74) is 2.14.